The number of hydrogen-bond donors (Lipinski definition) is 1. The minimum Gasteiger partial charge on any atom is -0.497 e. The van der Waals surface area contributed by atoms with Crippen LogP contribution >= 0.6 is 0 Å². The van der Waals surface area contributed by atoms with Gasteiger partial charge >= 0.3 is 0 Å². The van der Waals surface area contributed by atoms with E-state index in [1.165, 1.54) is 10.7 Å². The Morgan fingerprint density at radius 1 is 1.26 bits per heavy atom. The standard InChI is InChI=1S/C20H26N4O3/c1-3-12-21-20(26)15-5-4-13-23(14-15)18-10-11-19(25)24(22-18)16-6-8-17(27-2)9-7-16/h6-11,15H,3-5,12-14H2,1-2H3,(H,21,26). The lowest BCUT2D eigenvalue weighted by Gasteiger charge is -2.32. The molecule has 7 nitrogen and oxygen atoms in total. The Bertz CT molecular complexity index is 832. The molecule has 1 aliphatic heterocycles. The maximum Gasteiger partial charge on any atom is 0.271 e. The van der Waals surface area contributed by atoms with Gasteiger partial charge in [0.2, 0.25) is 5.91 Å². The Kier molecular flexibility index (Phi) is 6.11. The predicted octanol–water partition coefficient (Wildman–Crippen LogP) is 1.98. The van der Waals surface area contributed by atoms with Crippen LogP contribution in [-0.4, -0.2) is 42.4 Å². The number of nitrogens with one attached hydrogen (secondary N) is 1. The molecular weight excluding hydrogens is 344 g/mol. The van der Waals surface area contributed by atoms with Gasteiger partial charge in [-0.2, -0.15) is 4.68 Å². The van der Waals surface area contributed by atoms with Crippen LogP contribution < -0.4 is 20.5 Å². The SMILES string of the molecule is CCCNC(=O)C1CCCN(c2ccc(=O)n(-c3ccc(OC)cc3)n2)C1. The summed E-state index contributed by atoms with van der Waals surface area (Å²) in [5, 5.41) is 7.51. The summed E-state index contributed by atoms with van der Waals surface area (Å²) >= 11 is 0. The lowest BCUT2D eigenvalue weighted by atomic mass is 9.97. The fourth-order valence-electron chi connectivity index (χ4n) is 3.27. The second-order valence-electron chi connectivity index (χ2n) is 6.72. The summed E-state index contributed by atoms with van der Waals surface area (Å²) in [4.78, 5) is 26.7. The molecule has 1 fully saturated rings. The second kappa shape index (κ2) is 8.70. The monoisotopic (exact) mass is 370 g/mol. The highest BCUT2D eigenvalue weighted by molar-refractivity contribution is 5.79. The number of hydrogen-bond acceptors (Lipinski definition) is 5. The Labute approximate surface area is 158 Å². The Hall–Kier alpha value is -2.83. The average molecular weight is 370 g/mol. The summed E-state index contributed by atoms with van der Waals surface area (Å²) in [6.07, 6.45) is 2.73. The van der Waals surface area contributed by atoms with E-state index >= 15 is 0 Å². The van der Waals surface area contributed by atoms with Gasteiger partial charge in [0.1, 0.15) is 11.6 Å². The maximum absolute atomic E-state index is 12.3. The van der Waals surface area contributed by atoms with Gasteiger partial charge in [0.15, 0.2) is 0 Å². The number of ether oxygens (including phenoxy) is 1. The van der Waals surface area contributed by atoms with Crippen LogP contribution in [0.25, 0.3) is 5.69 Å². The molecule has 0 radical (unpaired) electrons. The first-order chi connectivity index (χ1) is 13.1. The van der Waals surface area contributed by atoms with Crippen LogP contribution in [0, 0.1) is 5.92 Å². The Morgan fingerprint density at radius 2 is 2.04 bits per heavy atom. The molecule has 2 aromatic rings. The van der Waals surface area contributed by atoms with E-state index < -0.39 is 0 Å². The van der Waals surface area contributed by atoms with Gasteiger partial charge in [-0.1, -0.05) is 6.92 Å². The lowest BCUT2D eigenvalue weighted by Crippen LogP contribution is -2.44. The predicted molar refractivity (Wildman–Crippen MR) is 105 cm³/mol. The highest BCUT2D eigenvalue weighted by atomic mass is 16.5. The number of anilines is 1. The molecule has 1 amide bonds. The molecule has 0 saturated carbocycles. The molecule has 0 aliphatic carbocycles. The summed E-state index contributed by atoms with van der Waals surface area (Å²) in [6, 6.07) is 10.4. The quantitative estimate of drug-likeness (QED) is 0.841. The molecule has 1 atom stereocenters. The summed E-state index contributed by atoms with van der Waals surface area (Å²) in [5.41, 5.74) is 0.482. The van der Waals surface area contributed by atoms with E-state index in [1.54, 1.807) is 37.4 Å². The molecular formula is C20H26N4O3. The molecule has 1 aromatic carbocycles. The zero-order valence-electron chi connectivity index (χ0n) is 15.9. The first-order valence-electron chi connectivity index (χ1n) is 9.40. The lowest BCUT2D eigenvalue weighted by molar-refractivity contribution is -0.125. The van der Waals surface area contributed by atoms with Crippen LogP contribution in [0.4, 0.5) is 5.82 Å². The highest BCUT2D eigenvalue weighted by Crippen LogP contribution is 2.22. The molecule has 1 aromatic heterocycles. The van der Waals surface area contributed by atoms with Crippen LogP contribution in [0.5, 0.6) is 5.75 Å². The van der Waals surface area contributed by atoms with Crippen molar-refractivity contribution in [3.05, 3.63) is 46.8 Å². The molecule has 3 rings (SSSR count). The summed E-state index contributed by atoms with van der Waals surface area (Å²) in [7, 11) is 1.60. The first kappa shape index (κ1) is 18.9. The number of aromatic nitrogens is 2. The average Bonchev–Trinajstić information content (AvgIpc) is 2.72. The largest absolute Gasteiger partial charge is 0.497 e. The smallest absolute Gasteiger partial charge is 0.271 e. The number of nitrogens with zero attached hydrogens (tertiary/aromatic N) is 3. The molecule has 7 heteroatoms. The fraction of sp³-hybridized carbons (Fsp3) is 0.450. The van der Waals surface area contributed by atoms with E-state index in [1.807, 2.05) is 6.92 Å². The minimum absolute atomic E-state index is 0.0477. The normalized spacial score (nSPS) is 16.8. The van der Waals surface area contributed by atoms with Crippen molar-refractivity contribution in [2.75, 3.05) is 31.6 Å². The number of amides is 1. The van der Waals surface area contributed by atoms with E-state index in [0.29, 0.717) is 24.6 Å². The van der Waals surface area contributed by atoms with E-state index in [4.69, 9.17) is 4.74 Å². The van der Waals surface area contributed by atoms with Crippen molar-refractivity contribution >= 4 is 11.7 Å². The van der Waals surface area contributed by atoms with Crippen LogP contribution in [0.15, 0.2) is 41.2 Å². The van der Waals surface area contributed by atoms with Crippen molar-refractivity contribution in [1.29, 1.82) is 0 Å². The van der Waals surface area contributed by atoms with E-state index in [2.05, 4.69) is 15.3 Å². The van der Waals surface area contributed by atoms with Crippen molar-refractivity contribution in [1.82, 2.24) is 15.1 Å². The third kappa shape index (κ3) is 4.48. The van der Waals surface area contributed by atoms with Crippen molar-refractivity contribution in [2.45, 2.75) is 26.2 Å². The van der Waals surface area contributed by atoms with Gasteiger partial charge in [0, 0.05) is 25.7 Å². The van der Waals surface area contributed by atoms with Crippen molar-refractivity contribution in [3.8, 4) is 11.4 Å². The maximum atomic E-state index is 12.3. The van der Waals surface area contributed by atoms with Crippen LogP contribution in [0.1, 0.15) is 26.2 Å². The number of carbonyl (C=O) groups excluding carboxylic acids is 1. The fourth-order valence-corrected chi connectivity index (χ4v) is 3.27. The van der Waals surface area contributed by atoms with E-state index in [0.717, 1.165) is 31.6 Å². The third-order valence-corrected chi connectivity index (χ3v) is 4.77. The highest BCUT2D eigenvalue weighted by Gasteiger charge is 2.26. The molecule has 1 saturated heterocycles. The molecule has 1 unspecified atom stereocenters. The molecule has 0 spiro atoms. The number of methoxy groups -OCH3 is 1. The molecule has 0 bridgehead atoms. The number of rotatable bonds is 6. The zero-order chi connectivity index (χ0) is 19.2. The van der Waals surface area contributed by atoms with Crippen molar-refractivity contribution in [2.24, 2.45) is 5.92 Å². The molecule has 1 aliphatic rings. The second-order valence-corrected chi connectivity index (χ2v) is 6.72. The van der Waals surface area contributed by atoms with Gasteiger partial charge in [-0.3, -0.25) is 9.59 Å². The molecule has 27 heavy (non-hydrogen) atoms. The Morgan fingerprint density at radius 3 is 2.74 bits per heavy atom. The Balaban J connectivity index is 1.80. The third-order valence-electron chi connectivity index (χ3n) is 4.77. The molecule has 144 valence electrons. The van der Waals surface area contributed by atoms with Gasteiger partial charge in [0.05, 0.1) is 18.7 Å². The van der Waals surface area contributed by atoms with Gasteiger partial charge in [-0.15, -0.1) is 5.10 Å². The summed E-state index contributed by atoms with van der Waals surface area (Å²) in [6.45, 7) is 4.18. The van der Waals surface area contributed by atoms with Gasteiger partial charge in [0.25, 0.3) is 5.56 Å². The number of piperidine rings is 1. The van der Waals surface area contributed by atoms with E-state index in [-0.39, 0.29) is 17.4 Å². The van der Waals surface area contributed by atoms with Crippen LogP contribution in [0.2, 0.25) is 0 Å². The first-order valence-corrected chi connectivity index (χ1v) is 9.40. The van der Waals surface area contributed by atoms with Crippen molar-refractivity contribution in [3.63, 3.8) is 0 Å². The van der Waals surface area contributed by atoms with Gasteiger partial charge in [-0.05, 0) is 49.6 Å². The van der Waals surface area contributed by atoms with E-state index in [9.17, 15) is 9.59 Å². The number of carbonyl (C=O) groups is 1. The number of benzene rings is 1. The van der Waals surface area contributed by atoms with Gasteiger partial charge < -0.3 is 15.0 Å². The minimum atomic E-state index is -0.196. The topological polar surface area (TPSA) is 76.5 Å². The summed E-state index contributed by atoms with van der Waals surface area (Å²) < 4.78 is 6.55. The van der Waals surface area contributed by atoms with Crippen LogP contribution in [0.3, 0.4) is 0 Å². The molecule has 2 heterocycles. The summed E-state index contributed by atoms with van der Waals surface area (Å²) in [5.74, 6) is 1.48. The molecule has 1 N–H and O–H groups in total. The zero-order valence-corrected chi connectivity index (χ0v) is 15.9. The van der Waals surface area contributed by atoms with Crippen molar-refractivity contribution < 1.29 is 9.53 Å². The van der Waals surface area contributed by atoms with Gasteiger partial charge in [-0.25, -0.2) is 0 Å². The van der Waals surface area contributed by atoms with Crippen LogP contribution in [-0.2, 0) is 4.79 Å².